The van der Waals surface area contributed by atoms with Gasteiger partial charge in [0.2, 0.25) is 0 Å². The van der Waals surface area contributed by atoms with Crippen molar-refractivity contribution in [1.82, 2.24) is 0 Å². The molecule has 0 aromatic heterocycles. The molecule has 0 aliphatic carbocycles. The van der Waals surface area contributed by atoms with Gasteiger partial charge < -0.3 is 9.84 Å². The standard InChI is InChI=1S/C16H12FNO3/c1-10-2-3-11(8-18)6-15(10)21-9-13-7-12(16(19)20)4-5-14(13)17/h2-7H,9H2,1H3,(H,19,20). The molecule has 0 amide bonds. The quantitative estimate of drug-likeness (QED) is 0.935. The lowest BCUT2D eigenvalue weighted by Crippen LogP contribution is -2.03. The number of halogens is 1. The van der Waals surface area contributed by atoms with Crippen molar-refractivity contribution in [2.45, 2.75) is 13.5 Å². The van der Waals surface area contributed by atoms with Gasteiger partial charge in [0.1, 0.15) is 18.2 Å². The zero-order valence-corrected chi connectivity index (χ0v) is 11.3. The van der Waals surface area contributed by atoms with Crippen molar-refractivity contribution in [3.63, 3.8) is 0 Å². The van der Waals surface area contributed by atoms with E-state index in [0.29, 0.717) is 11.3 Å². The molecule has 2 rings (SSSR count). The number of hydrogen-bond donors (Lipinski definition) is 1. The zero-order chi connectivity index (χ0) is 15.4. The minimum absolute atomic E-state index is 0.00232. The van der Waals surface area contributed by atoms with E-state index in [1.54, 1.807) is 25.1 Å². The first kappa shape index (κ1) is 14.5. The first-order valence-corrected chi connectivity index (χ1v) is 6.16. The maximum absolute atomic E-state index is 13.7. The molecule has 21 heavy (non-hydrogen) atoms. The molecule has 2 aromatic carbocycles. The van der Waals surface area contributed by atoms with E-state index in [-0.39, 0.29) is 17.7 Å². The number of nitriles is 1. The Morgan fingerprint density at radius 3 is 2.76 bits per heavy atom. The molecule has 1 N–H and O–H groups in total. The lowest BCUT2D eigenvalue weighted by molar-refractivity contribution is 0.0696. The number of ether oxygens (including phenoxy) is 1. The fraction of sp³-hybridized carbons (Fsp3) is 0.125. The molecule has 0 radical (unpaired) electrons. The molecule has 0 fully saturated rings. The third-order valence-corrected chi connectivity index (χ3v) is 2.99. The highest BCUT2D eigenvalue weighted by Crippen LogP contribution is 2.21. The highest BCUT2D eigenvalue weighted by Gasteiger charge is 2.10. The maximum atomic E-state index is 13.7. The molecular weight excluding hydrogens is 273 g/mol. The summed E-state index contributed by atoms with van der Waals surface area (Å²) in [6, 6.07) is 10.5. The highest BCUT2D eigenvalue weighted by molar-refractivity contribution is 5.87. The predicted octanol–water partition coefficient (Wildman–Crippen LogP) is 3.28. The molecule has 0 saturated heterocycles. The Morgan fingerprint density at radius 1 is 1.33 bits per heavy atom. The summed E-state index contributed by atoms with van der Waals surface area (Å²) >= 11 is 0. The van der Waals surface area contributed by atoms with E-state index < -0.39 is 11.8 Å². The molecule has 4 nitrogen and oxygen atoms in total. The van der Waals surface area contributed by atoms with Crippen LogP contribution >= 0.6 is 0 Å². The van der Waals surface area contributed by atoms with Gasteiger partial charge in [0, 0.05) is 5.56 Å². The Balaban J connectivity index is 2.22. The second kappa shape index (κ2) is 6.06. The van der Waals surface area contributed by atoms with Crippen LogP contribution in [-0.4, -0.2) is 11.1 Å². The van der Waals surface area contributed by atoms with E-state index in [1.165, 1.54) is 12.1 Å². The molecule has 5 heteroatoms. The van der Waals surface area contributed by atoms with Gasteiger partial charge in [-0.25, -0.2) is 9.18 Å². The lowest BCUT2D eigenvalue weighted by Gasteiger charge is -2.10. The summed E-state index contributed by atoms with van der Waals surface area (Å²) in [6.45, 7) is 1.70. The smallest absolute Gasteiger partial charge is 0.335 e. The van der Waals surface area contributed by atoms with Gasteiger partial charge in [-0.1, -0.05) is 6.07 Å². The van der Waals surface area contributed by atoms with Gasteiger partial charge in [0.05, 0.1) is 17.2 Å². The average Bonchev–Trinajstić information content (AvgIpc) is 2.47. The van der Waals surface area contributed by atoms with Crippen LogP contribution in [0.15, 0.2) is 36.4 Å². The molecule has 0 bridgehead atoms. The predicted molar refractivity (Wildman–Crippen MR) is 73.6 cm³/mol. The summed E-state index contributed by atoms with van der Waals surface area (Å²) in [5, 5.41) is 17.7. The molecule has 106 valence electrons. The number of nitrogens with zero attached hydrogens (tertiary/aromatic N) is 1. The normalized spacial score (nSPS) is 9.95. The Bertz CT molecular complexity index is 735. The fourth-order valence-corrected chi connectivity index (χ4v) is 1.80. The van der Waals surface area contributed by atoms with Gasteiger partial charge in [-0.3, -0.25) is 0 Å². The van der Waals surface area contributed by atoms with E-state index >= 15 is 0 Å². The largest absolute Gasteiger partial charge is 0.488 e. The molecule has 0 unspecified atom stereocenters. The molecule has 0 aliphatic rings. The molecule has 0 aliphatic heterocycles. The van der Waals surface area contributed by atoms with Crippen molar-refractivity contribution in [3.8, 4) is 11.8 Å². The third-order valence-electron chi connectivity index (χ3n) is 2.99. The van der Waals surface area contributed by atoms with Gasteiger partial charge >= 0.3 is 5.97 Å². The van der Waals surface area contributed by atoms with E-state index in [9.17, 15) is 9.18 Å². The summed E-state index contributed by atoms with van der Waals surface area (Å²) in [5.41, 5.74) is 1.40. The zero-order valence-electron chi connectivity index (χ0n) is 11.3. The van der Waals surface area contributed by atoms with E-state index in [0.717, 1.165) is 11.6 Å². The Hall–Kier alpha value is -2.87. The van der Waals surface area contributed by atoms with Crippen molar-refractivity contribution in [2.24, 2.45) is 0 Å². The van der Waals surface area contributed by atoms with Crippen molar-refractivity contribution < 1.29 is 19.0 Å². The van der Waals surface area contributed by atoms with E-state index in [1.807, 2.05) is 6.07 Å². The SMILES string of the molecule is Cc1ccc(C#N)cc1OCc1cc(C(=O)O)ccc1F. The number of carboxylic acid groups (broad SMARTS) is 1. The van der Waals surface area contributed by atoms with Crippen LogP contribution in [0.5, 0.6) is 5.75 Å². The van der Waals surface area contributed by atoms with Crippen LogP contribution in [0.1, 0.15) is 27.0 Å². The van der Waals surface area contributed by atoms with Crippen LogP contribution in [0.4, 0.5) is 4.39 Å². The van der Waals surface area contributed by atoms with Crippen LogP contribution in [0.2, 0.25) is 0 Å². The number of benzene rings is 2. The number of carbonyl (C=O) groups is 1. The minimum Gasteiger partial charge on any atom is -0.488 e. The van der Waals surface area contributed by atoms with Crippen molar-refractivity contribution in [2.75, 3.05) is 0 Å². The number of aromatic carboxylic acids is 1. The van der Waals surface area contributed by atoms with Gasteiger partial charge in [-0.15, -0.1) is 0 Å². The summed E-state index contributed by atoms with van der Waals surface area (Å²) in [5.74, 6) is -1.19. The summed E-state index contributed by atoms with van der Waals surface area (Å²) in [6.07, 6.45) is 0. The fourth-order valence-electron chi connectivity index (χ4n) is 1.80. The van der Waals surface area contributed by atoms with E-state index in [2.05, 4.69) is 0 Å². The maximum Gasteiger partial charge on any atom is 0.335 e. The Morgan fingerprint density at radius 2 is 2.10 bits per heavy atom. The van der Waals surface area contributed by atoms with Crippen LogP contribution in [0.3, 0.4) is 0 Å². The molecule has 0 atom stereocenters. The summed E-state index contributed by atoms with van der Waals surface area (Å²) in [4.78, 5) is 10.9. The minimum atomic E-state index is -1.13. The third kappa shape index (κ3) is 3.37. The Kier molecular flexibility index (Phi) is 4.19. The molecule has 0 heterocycles. The lowest BCUT2D eigenvalue weighted by atomic mass is 10.1. The van der Waals surface area contributed by atoms with Crippen LogP contribution in [0, 0.1) is 24.1 Å². The summed E-state index contributed by atoms with van der Waals surface area (Å²) < 4.78 is 19.2. The molecule has 2 aromatic rings. The molecule has 0 saturated carbocycles. The number of hydrogen-bond acceptors (Lipinski definition) is 3. The first-order valence-electron chi connectivity index (χ1n) is 6.16. The van der Waals surface area contributed by atoms with Crippen LogP contribution in [-0.2, 0) is 6.61 Å². The first-order chi connectivity index (χ1) is 10.0. The second-order valence-corrected chi connectivity index (χ2v) is 4.49. The molecule has 0 spiro atoms. The monoisotopic (exact) mass is 285 g/mol. The van der Waals surface area contributed by atoms with Gasteiger partial charge in [-0.05, 0) is 42.8 Å². The van der Waals surface area contributed by atoms with Crippen LogP contribution < -0.4 is 4.74 Å². The number of rotatable bonds is 4. The average molecular weight is 285 g/mol. The highest BCUT2D eigenvalue weighted by atomic mass is 19.1. The second-order valence-electron chi connectivity index (χ2n) is 4.49. The van der Waals surface area contributed by atoms with Gasteiger partial charge in [0.25, 0.3) is 0 Å². The van der Waals surface area contributed by atoms with Crippen molar-refractivity contribution in [3.05, 3.63) is 64.5 Å². The topological polar surface area (TPSA) is 70.3 Å². The number of carboxylic acids is 1. The number of aryl methyl sites for hydroxylation is 1. The van der Waals surface area contributed by atoms with Gasteiger partial charge in [0.15, 0.2) is 0 Å². The Labute approximate surface area is 121 Å². The molecular formula is C16H12FNO3. The van der Waals surface area contributed by atoms with Crippen LogP contribution in [0.25, 0.3) is 0 Å². The van der Waals surface area contributed by atoms with Crippen molar-refractivity contribution in [1.29, 1.82) is 5.26 Å². The summed E-state index contributed by atoms with van der Waals surface area (Å²) in [7, 11) is 0. The van der Waals surface area contributed by atoms with Crippen molar-refractivity contribution >= 4 is 5.97 Å². The van der Waals surface area contributed by atoms with Gasteiger partial charge in [-0.2, -0.15) is 5.26 Å². The van der Waals surface area contributed by atoms with E-state index in [4.69, 9.17) is 15.1 Å².